The Morgan fingerprint density at radius 3 is 2.06 bits per heavy atom. The van der Waals surface area contributed by atoms with Crippen molar-refractivity contribution in [1.29, 1.82) is 0 Å². The third kappa shape index (κ3) is 4.81. The predicted molar refractivity (Wildman–Crippen MR) is 74.1 cm³/mol. The number of carboxylic acid groups (broad SMARTS) is 1. The molecule has 0 radical (unpaired) electrons. The van der Waals surface area contributed by atoms with Crippen molar-refractivity contribution in [2.45, 2.75) is 26.3 Å². The Kier molecular flexibility index (Phi) is 7.98. The van der Waals surface area contributed by atoms with Gasteiger partial charge in [-0.3, -0.25) is 4.79 Å². The highest BCUT2D eigenvalue weighted by Gasteiger charge is 2.13. The zero-order chi connectivity index (χ0) is 11.6. The molecular formula is C11H18Cl2N2O2. The number of rotatable bonds is 3. The van der Waals surface area contributed by atoms with Crippen LogP contribution in [0.25, 0.3) is 0 Å². The summed E-state index contributed by atoms with van der Waals surface area (Å²) in [6.07, 6.45) is 0.331. The highest BCUT2D eigenvalue weighted by molar-refractivity contribution is 5.85. The van der Waals surface area contributed by atoms with Crippen LogP contribution in [-0.2, 0) is 11.2 Å². The molecule has 1 rings (SSSR count). The molecular weight excluding hydrogens is 263 g/mol. The van der Waals surface area contributed by atoms with Gasteiger partial charge >= 0.3 is 5.97 Å². The van der Waals surface area contributed by atoms with E-state index in [1.54, 1.807) is 0 Å². The van der Waals surface area contributed by atoms with Crippen molar-refractivity contribution in [2.24, 2.45) is 5.73 Å². The number of nitrogen functional groups attached to an aromatic ring is 1. The van der Waals surface area contributed by atoms with E-state index in [0.717, 1.165) is 22.4 Å². The van der Waals surface area contributed by atoms with Crippen molar-refractivity contribution >= 4 is 36.5 Å². The molecule has 6 heteroatoms. The Labute approximate surface area is 113 Å². The lowest BCUT2D eigenvalue weighted by Crippen LogP contribution is -2.32. The van der Waals surface area contributed by atoms with Gasteiger partial charge in [0.05, 0.1) is 0 Å². The molecule has 0 heterocycles. The average molecular weight is 281 g/mol. The number of carboxylic acids is 1. The van der Waals surface area contributed by atoms with Crippen molar-refractivity contribution in [3.63, 3.8) is 0 Å². The molecule has 0 aliphatic carbocycles. The number of hydrogen-bond donors (Lipinski definition) is 3. The summed E-state index contributed by atoms with van der Waals surface area (Å²) < 4.78 is 0. The summed E-state index contributed by atoms with van der Waals surface area (Å²) in [6, 6.07) is 2.91. The molecule has 1 aromatic carbocycles. The number of halogens is 2. The van der Waals surface area contributed by atoms with Gasteiger partial charge in [-0.05, 0) is 37.0 Å². The Morgan fingerprint density at radius 2 is 1.71 bits per heavy atom. The van der Waals surface area contributed by atoms with E-state index in [4.69, 9.17) is 16.6 Å². The Bertz CT molecular complexity index is 374. The van der Waals surface area contributed by atoms with Crippen molar-refractivity contribution < 1.29 is 9.90 Å². The number of carbonyl (C=O) groups is 1. The van der Waals surface area contributed by atoms with E-state index < -0.39 is 12.0 Å². The zero-order valence-corrected chi connectivity index (χ0v) is 11.4. The largest absolute Gasteiger partial charge is 0.480 e. The van der Waals surface area contributed by atoms with E-state index in [1.807, 2.05) is 26.0 Å². The molecule has 0 spiro atoms. The van der Waals surface area contributed by atoms with Crippen LogP contribution in [0.3, 0.4) is 0 Å². The van der Waals surface area contributed by atoms with Crippen LogP contribution in [0.15, 0.2) is 12.1 Å². The minimum atomic E-state index is -0.984. The van der Waals surface area contributed by atoms with Crippen molar-refractivity contribution in [3.05, 3.63) is 28.8 Å². The van der Waals surface area contributed by atoms with Crippen LogP contribution < -0.4 is 11.5 Å². The molecule has 0 saturated heterocycles. The van der Waals surface area contributed by atoms with Gasteiger partial charge in [0.1, 0.15) is 6.04 Å². The SMILES string of the molecule is Cc1cc(CC(N)C(=O)O)cc(C)c1N.Cl.Cl. The molecule has 0 aliphatic rings. The first-order valence-corrected chi connectivity index (χ1v) is 4.75. The molecule has 0 saturated carbocycles. The first kappa shape index (κ1) is 18.4. The molecule has 17 heavy (non-hydrogen) atoms. The van der Waals surface area contributed by atoms with Crippen molar-refractivity contribution in [3.8, 4) is 0 Å². The van der Waals surface area contributed by atoms with Crippen LogP contribution in [0.4, 0.5) is 5.69 Å². The number of anilines is 1. The lowest BCUT2D eigenvalue weighted by molar-refractivity contribution is -0.138. The fourth-order valence-corrected chi connectivity index (χ4v) is 1.52. The Hall–Kier alpha value is -0.970. The maximum Gasteiger partial charge on any atom is 0.320 e. The molecule has 0 amide bonds. The molecule has 98 valence electrons. The average Bonchev–Trinajstić information content (AvgIpc) is 2.13. The summed E-state index contributed by atoms with van der Waals surface area (Å²) in [7, 11) is 0. The molecule has 0 fully saturated rings. The van der Waals surface area contributed by atoms with Crippen molar-refractivity contribution in [1.82, 2.24) is 0 Å². The van der Waals surface area contributed by atoms with Gasteiger partial charge in [0.25, 0.3) is 0 Å². The second-order valence-electron chi connectivity index (χ2n) is 3.79. The second kappa shape index (κ2) is 7.37. The third-order valence-electron chi connectivity index (χ3n) is 2.43. The van der Waals surface area contributed by atoms with Gasteiger partial charge in [0.15, 0.2) is 0 Å². The first-order chi connectivity index (χ1) is 6.91. The van der Waals surface area contributed by atoms with Crippen LogP contribution in [0.2, 0.25) is 0 Å². The van der Waals surface area contributed by atoms with Crippen LogP contribution >= 0.6 is 24.8 Å². The zero-order valence-electron chi connectivity index (χ0n) is 9.77. The van der Waals surface area contributed by atoms with E-state index in [1.165, 1.54) is 0 Å². The monoisotopic (exact) mass is 280 g/mol. The van der Waals surface area contributed by atoms with Crippen LogP contribution in [0, 0.1) is 13.8 Å². The maximum absolute atomic E-state index is 10.6. The second-order valence-corrected chi connectivity index (χ2v) is 3.79. The fraction of sp³-hybridized carbons (Fsp3) is 0.364. The lowest BCUT2D eigenvalue weighted by Gasteiger charge is -2.10. The summed E-state index contributed by atoms with van der Waals surface area (Å²) in [5, 5.41) is 8.69. The van der Waals surface area contributed by atoms with E-state index in [9.17, 15) is 4.79 Å². The summed E-state index contributed by atoms with van der Waals surface area (Å²) in [4.78, 5) is 10.6. The Morgan fingerprint density at radius 1 is 1.29 bits per heavy atom. The summed E-state index contributed by atoms with van der Waals surface area (Å²) in [5.74, 6) is -0.984. The molecule has 0 bridgehead atoms. The molecule has 1 aromatic rings. The molecule has 1 unspecified atom stereocenters. The molecule has 0 aromatic heterocycles. The summed E-state index contributed by atoms with van der Waals surface area (Å²) >= 11 is 0. The minimum Gasteiger partial charge on any atom is -0.480 e. The third-order valence-corrected chi connectivity index (χ3v) is 2.43. The van der Waals surface area contributed by atoms with Crippen LogP contribution in [0.1, 0.15) is 16.7 Å². The minimum absolute atomic E-state index is 0. The van der Waals surface area contributed by atoms with Crippen molar-refractivity contribution in [2.75, 3.05) is 5.73 Å². The standard InChI is InChI=1S/C11H16N2O2.2ClH/c1-6-3-8(4-7(2)10(6)13)5-9(12)11(14)15;;/h3-4,9H,5,12-13H2,1-2H3,(H,14,15);2*1H. The highest BCUT2D eigenvalue weighted by Crippen LogP contribution is 2.19. The number of aliphatic carboxylic acids is 1. The summed E-state index contributed by atoms with van der Waals surface area (Å²) in [5.41, 5.74) is 14.8. The fourth-order valence-electron chi connectivity index (χ4n) is 1.52. The van der Waals surface area contributed by atoms with E-state index in [0.29, 0.717) is 6.42 Å². The topological polar surface area (TPSA) is 89.3 Å². The molecule has 1 atom stereocenters. The molecule has 0 aliphatic heterocycles. The number of hydrogen-bond acceptors (Lipinski definition) is 3. The number of benzene rings is 1. The van der Waals surface area contributed by atoms with Gasteiger partial charge in [-0.15, -0.1) is 24.8 Å². The quantitative estimate of drug-likeness (QED) is 0.735. The highest BCUT2D eigenvalue weighted by atomic mass is 35.5. The predicted octanol–water partition coefficient (Wildman–Crippen LogP) is 1.68. The molecule has 5 N–H and O–H groups in total. The lowest BCUT2D eigenvalue weighted by atomic mass is 10.00. The van der Waals surface area contributed by atoms with Gasteiger partial charge < -0.3 is 16.6 Å². The van der Waals surface area contributed by atoms with Crippen LogP contribution in [-0.4, -0.2) is 17.1 Å². The van der Waals surface area contributed by atoms with E-state index >= 15 is 0 Å². The normalized spacial score (nSPS) is 11.0. The van der Waals surface area contributed by atoms with Crippen LogP contribution in [0.5, 0.6) is 0 Å². The Balaban J connectivity index is 0. The van der Waals surface area contributed by atoms with Gasteiger partial charge in [-0.1, -0.05) is 12.1 Å². The van der Waals surface area contributed by atoms with Gasteiger partial charge in [-0.2, -0.15) is 0 Å². The number of aryl methyl sites for hydroxylation is 2. The van der Waals surface area contributed by atoms with Gasteiger partial charge in [-0.25, -0.2) is 0 Å². The molecule has 4 nitrogen and oxygen atoms in total. The van der Waals surface area contributed by atoms with E-state index in [2.05, 4.69) is 0 Å². The number of nitrogens with two attached hydrogens (primary N) is 2. The first-order valence-electron chi connectivity index (χ1n) is 4.75. The van der Waals surface area contributed by atoms with E-state index in [-0.39, 0.29) is 24.8 Å². The maximum atomic E-state index is 10.6. The summed E-state index contributed by atoms with van der Waals surface area (Å²) in [6.45, 7) is 3.80. The van der Waals surface area contributed by atoms with Gasteiger partial charge in [0, 0.05) is 5.69 Å². The smallest absolute Gasteiger partial charge is 0.320 e. The van der Waals surface area contributed by atoms with Gasteiger partial charge in [0.2, 0.25) is 0 Å².